The third-order valence-electron chi connectivity index (χ3n) is 2.87. The van der Waals surface area contributed by atoms with E-state index in [1.807, 2.05) is 35.7 Å². The van der Waals surface area contributed by atoms with Crippen LogP contribution in [0.2, 0.25) is 0 Å². The molecule has 7 heteroatoms. The Balaban J connectivity index is 1.66. The number of rotatable bonds is 4. The molecule has 0 aliphatic heterocycles. The number of nitrogens with one attached hydrogen (secondary N) is 1. The SMILES string of the molecule is Cc1nonc1C(=O)NCc1csc(-c2ccccc2)n1. The topological polar surface area (TPSA) is 80.9 Å². The minimum absolute atomic E-state index is 0.202. The van der Waals surface area contributed by atoms with Crippen molar-refractivity contribution in [2.24, 2.45) is 0 Å². The van der Waals surface area contributed by atoms with Crippen molar-refractivity contribution >= 4 is 17.2 Å². The number of hydrogen-bond acceptors (Lipinski definition) is 6. The van der Waals surface area contributed by atoms with Gasteiger partial charge in [0.2, 0.25) is 0 Å². The van der Waals surface area contributed by atoms with Gasteiger partial charge in [-0.05, 0) is 12.1 Å². The Morgan fingerprint density at radius 1 is 1.29 bits per heavy atom. The first-order valence-corrected chi connectivity index (χ1v) is 7.19. The molecule has 3 aromatic rings. The van der Waals surface area contributed by atoms with E-state index >= 15 is 0 Å². The van der Waals surface area contributed by atoms with Gasteiger partial charge >= 0.3 is 0 Å². The molecule has 1 aromatic carbocycles. The molecular weight excluding hydrogens is 288 g/mol. The number of carbonyl (C=O) groups is 1. The number of aromatic nitrogens is 3. The lowest BCUT2D eigenvalue weighted by atomic mass is 10.2. The zero-order valence-electron chi connectivity index (χ0n) is 11.2. The van der Waals surface area contributed by atoms with E-state index in [1.165, 1.54) is 0 Å². The van der Waals surface area contributed by atoms with Crippen LogP contribution in [0.3, 0.4) is 0 Å². The average molecular weight is 300 g/mol. The van der Waals surface area contributed by atoms with Gasteiger partial charge < -0.3 is 5.32 Å². The Bertz CT molecular complexity index is 751. The van der Waals surface area contributed by atoms with Crippen molar-refractivity contribution in [3.05, 3.63) is 52.8 Å². The quantitative estimate of drug-likeness (QED) is 0.800. The first-order valence-electron chi connectivity index (χ1n) is 6.31. The molecule has 0 fully saturated rings. The van der Waals surface area contributed by atoms with Crippen molar-refractivity contribution in [2.45, 2.75) is 13.5 Å². The van der Waals surface area contributed by atoms with Crippen LogP contribution in [0.5, 0.6) is 0 Å². The van der Waals surface area contributed by atoms with Crippen LogP contribution in [-0.4, -0.2) is 21.2 Å². The molecule has 2 heterocycles. The lowest BCUT2D eigenvalue weighted by Gasteiger charge is -2.00. The molecule has 0 aliphatic carbocycles. The fourth-order valence-electron chi connectivity index (χ4n) is 1.79. The molecule has 21 heavy (non-hydrogen) atoms. The highest BCUT2D eigenvalue weighted by Gasteiger charge is 2.15. The normalized spacial score (nSPS) is 10.5. The molecule has 0 radical (unpaired) electrons. The summed E-state index contributed by atoms with van der Waals surface area (Å²) in [6, 6.07) is 9.92. The Morgan fingerprint density at radius 3 is 2.81 bits per heavy atom. The number of aryl methyl sites for hydroxylation is 1. The maximum atomic E-state index is 11.9. The molecule has 0 spiro atoms. The van der Waals surface area contributed by atoms with E-state index in [1.54, 1.807) is 18.3 Å². The van der Waals surface area contributed by atoms with Crippen LogP contribution in [0.15, 0.2) is 40.3 Å². The molecule has 0 saturated carbocycles. The molecule has 0 saturated heterocycles. The maximum absolute atomic E-state index is 11.9. The second-order valence-electron chi connectivity index (χ2n) is 4.39. The van der Waals surface area contributed by atoms with Crippen molar-refractivity contribution in [3.8, 4) is 10.6 Å². The van der Waals surface area contributed by atoms with Gasteiger partial charge in [0, 0.05) is 10.9 Å². The summed E-state index contributed by atoms with van der Waals surface area (Å²) in [4.78, 5) is 16.4. The summed E-state index contributed by atoms with van der Waals surface area (Å²) >= 11 is 1.55. The summed E-state index contributed by atoms with van der Waals surface area (Å²) < 4.78 is 4.51. The monoisotopic (exact) mass is 300 g/mol. The van der Waals surface area contributed by atoms with E-state index in [4.69, 9.17) is 0 Å². The number of amides is 1. The molecular formula is C14H12N4O2S. The molecule has 3 rings (SSSR count). The molecule has 1 amide bonds. The van der Waals surface area contributed by atoms with Crippen LogP contribution in [0, 0.1) is 6.92 Å². The molecule has 2 aromatic heterocycles. The van der Waals surface area contributed by atoms with E-state index in [2.05, 4.69) is 25.2 Å². The summed E-state index contributed by atoms with van der Waals surface area (Å²) in [5, 5.41) is 12.7. The standard InChI is InChI=1S/C14H12N4O2S/c1-9-12(18-20-17-9)13(19)15-7-11-8-21-14(16-11)10-5-3-2-4-6-10/h2-6,8H,7H2,1H3,(H,15,19). The summed E-state index contributed by atoms with van der Waals surface area (Å²) in [6.45, 7) is 2.01. The molecule has 0 unspecified atom stereocenters. The van der Waals surface area contributed by atoms with E-state index in [9.17, 15) is 4.79 Å². The zero-order valence-corrected chi connectivity index (χ0v) is 12.1. The summed E-state index contributed by atoms with van der Waals surface area (Å²) in [5.74, 6) is -0.317. The van der Waals surface area contributed by atoms with Crippen molar-refractivity contribution < 1.29 is 9.42 Å². The average Bonchev–Trinajstić information content (AvgIpc) is 3.15. The third kappa shape index (κ3) is 2.97. The second kappa shape index (κ2) is 5.84. The van der Waals surface area contributed by atoms with Crippen LogP contribution in [-0.2, 0) is 6.54 Å². The predicted molar refractivity (Wildman–Crippen MR) is 77.8 cm³/mol. The number of benzene rings is 1. The highest BCUT2D eigenvalue weighted by atomic mass is 32.1. The van der Waals surface area contributed by atoms with Gasteiger partial charge in [-0.2, -0.15) is 0 Å². The number of nitrogens with zero attached hydrogens (tertiary/aromatic N) is 3. The second-order valence-corrected chi connectivity index (χ2v) is 5.25. The van der Waals surface area contributed by atoms with Crippen LogP contribution >= 0.6 is 11.3 Å². The molecule has 0 bridgehead atoms. The van der Waals surface area contributed by atoms with Crippen molar-refractivity contribution in [1.82, 2.24) is 20.6 Å². The highest BCUT2D eigenvalue weighted by Crippen LogP contribution is 2.23. The Hall–Kier alpha value is -2.54. The van der Waals surface area contributed by atoms with E-state index in [0.29, 0.717) is 12.2 Å². The minimum atomic E-state index is -0.317. The van der Waals surface area contributed by atoms with Gasteiger partial charge in [0.1, 0.15) is 10.7 Å². The van der Waals surface area contributed by atoms with Gasteiger partial charge in [0.05, 0.1) is 12.2 Å². The number of carbonyl (C=O) groups excluding carboxylic acids is 1. The fourth-order valence-corrected chi connectivity index (χ4v) is 2.62. The van der Waals surface area contributed by atoms with Gasteiger partial charge in [-0.3, -0.25) is 4.79 Å². The van der Waals surface area contributed by atoms with Gasteiger partial charge in [-0.1, -0.05) is 35.5 Å². The van der Waals surface area contributed by atoms with Gasteiger partial charge in [-0.25, -0.2) is 9.61 Å². The van der Waals surface area contributed by atoms with Crippen LogP contribution in [0.1, 0.15) is 21.9 Å². The van der Waals surface area contributed by atoms with Crippen molar-refractivity contribution in [3.63, 3.8) is 0 Å². The van der Waals surface area contributed by atoms with E-state index < -0.39 is 0 Å². The zero-order chi connectivity index (χ0) is 14.7. The minimum Gasteiger partial charge on any atom is -0.345 e. The van der Waals surface area contributed by atoms with Crippen LogP contribution < -0.4 is 5.32 Å². The summed E-state index contributed by atoms with van der Waals surface area (Å²) in [7, 11) is 0. The Kier molecular flexibility index (Phi) is 3.74. The number of thiazole rings is 1. The third-order valence-corrected chi connectivity index (χ3v) is 3.81. The molecule has 1 N–H and O–H groups in total. The van der Waals surface area contributed by atoms with Crippen LogP contribution in [0.25, 0.3) is 10.6 Å². The lowest BCUT2D eigenvalue weighted by Crippen LogP contribution is -2.24. The van der Waals surface area contributed by atoms with Crippen molar-refractivity contribution in [2.75, 3.05) is 0 Å². The van der Waals surface area contributed by atoms with Gasteiger partial charge in [0.15, 0.2) is 5.69 Å². The Morgan fingerprint density at radius 2 is 2.10 bits per heavy atom. The molecule has 106 valence electrons. The summed E-state index contributed by atoms with van der Waals surface area (Å²) in [6.07, 6.45) is 0. The molecule has 0 atom stereocenters. The van der Waals surface area contributed by atoms with Gasteiger partial charge in [-0.15, -0.1) is 11.3 Å². The first-order chi connectivity index (χ1) is 10.2. The largest absolute Gasteiger partial charge is 0.345 e. The lowest BCUT2D eigenvalue weighted by molar-refractivity contribution is 0.0940. The molecule has 0 aliphatic rings. The summed E-state index contributed by atoms with van der Waals surface area (Å²) in [5.41, 5.74) is 2.54. The number of hydrogen-bond donors (Lipinski definition) is 1. The van der Waals surface area contributed by atoms with E-state index in [0.717, 1.165) is 16.3 Å². The predicted octanol–water partition coefficient (Wildman–Crippen LogP) is 2.43. The fraction of sp³-hybridized carbons (Fsp3) is 0.143. The van der Waals surface area contributed by atoms with E-state index in [-0.39, 0.29) is 11.6 Å². The van der Waals surface area contributed by atoms with Crippen LogP contribution in [0.4, 0.5) is 0 Å². The highest BCUT2D eigenvalue weighted by molar-refractivity contribution is 7.13. The first kappa shape index (κ1) is 13.4. The maximum Gasteiger partial charge on any atom is 0.275 e. The van der Waals surface area contributed by atoms with Crippen molar-refractivity contribution in [1.29, 1.82) is 0 Å². The van der Waals surface area contributed by atoms with Gasteiger partial charge in [0.25, 0.3) is 5.91 Å². The smallest absolute Gasteiger partial charge is 0.275 e. The molecule has 6 nitrogen and oxygen atoms in total. The Labute approximate surface area is 124 Å².